The first-order valence-corrected chi connectivity index (χ1v) is 6.81. The largest absolute Gasteiger partial charge is 0.480 e. The van der Waals surface area contributed by atoms with E-state index in [1.54, 1.807) is 4.90 Å². The van der Waals surface area contributed by atoms with Crippen LogP contribution in [0.25, 0.3) is 0 Å². The lowest BCUT2D eigenvalue weighted by Gasteiger charge is -2.40. The Labute approximate surface area is 118 Å². The average molecular weight is 288 g/mol. The van der Waals surface area contributed by atoms with Gasteiger partial charge in [0.2, 0.25) is 0 Å². The molecule has 2 saturated heterocycles. The number of carboxylic acid groups (broad SMARTS) is 1. The van der Waals surface area contributed by atoms with Crippen molar-refractivity contribution in [2.75, 3.05) is 19.7 Å². The van der Waals surface area contributed by atoms with E-state index in [9.17, 15) is 9.59 Å². The van der Waals surface area contributed by atoms with Crippen LogP contribution < -0.4 is 5.32 Å². The number of carbonyl (C=O) groups excluding carboxylic acids is 1. The molecule has 20 heavy (non-hydrogen) atoms. The first-order valence-electron chi connectivity index (χ1n) is 6.81. The number of likely N-dealkylation sites (tertiary alicyclic amines) is 1. The standard InChI is InChI=1S/C9H17NO3.C4H7NO2/c1-9(2,3)13-8(12)10-5-4-7(10)6-11;6-4(7)3-1-2-5-3/h7,11H,4-6H2,1-3H3;3,5H,1-2H2,(H,6,7). The summed E-state index contributed by atoms with van der Waals surface area (Å²) in [4.78, 5) is 22.9. The average Bonchev–Trinajstić information content (AvgIpc) is 2.09. The van der Waals surface area contributed by atoms with E-state index < -0.39 is 11.6 Å². The molecule has 2 heterocycles. The molecule has 0 aromatic rings. The van der Waals surface area contributed by atoms with E-state index in [0.29, 0.717) is 6.54 Å². The minimum Gasteiger partial charge on any atom is -0.480 e. The van der Waals surface area contributed by atoms with Gasteiger partial charge in [0, 0.05) is 6.54 Å². The Hall–Kier alpha value is -1.34. The SMILES string of the molecule is CC(C)(C)OC(=O)N1CCC1CO.O=C(O)C1CCN1. The Morgan fingerprint density at radius 1 is 1.35 bits per heavy atom. The van der Waals surface area contributed by atoms with Gasteiger partial charge in [-0.15, -0.1) is 0 Å². The van der Waals surface area contributed by atoms with Crippen LogP contribution in [-0.2, 0) is 9.53 Å². The molecular formula is C13H24N2O5. The summed E-state index contributed by atoms with van der Waals surface area (Å²) >= 11 is 0. The topological polar surface area (TPSA) is 99.1 Å². The monoisotopic (exact) mass is 288 g/mol. The van der Waals surface area contributed by atoms with Crippen LogP contribution in [0.1, 0.15) is 33.6 Å². The second-order valence-electron chi connectivity index (χ2n) is 5.93. The predicted octanol–water partition coefficient (Wildman–Crippen LogP) is 0.421. The molecule has 2 rings (SSSR count). The fraction of sp³-hybridized carbons (Fsp3) is 0.846. The fourth-order valence-corrected chi connectivity index (χ4v) is 1.69. The lowest BCUT2D eigenvalue weighted by Crippen LogP contribution is -2.54. The van der Waals surface area contributed by atoms with E-state index in [4.69, 9.17) is 14.9 Å². The maximum absolute atomic E-state index is 11.4. The zero-order valence-corrected chi connectivity index (χ0v) is 12.3. The number of hydrogen-bond donors (Lipinski definition) is 3. The fourth-order valence-electron chi connectivity index (χ4n) is 1.69. The number of nitrogens with one attached hydrogen (secondary N) is 1. The van der Waals surface area contributed by atoms with Crippen LogP contribution in [0.2, 0.25) is 0 Å². The Bertz CT molecular complexity index is 347. The second kappa shape index (κ2) is 6.90. The van der Waals surface area contributed by atoms with Crippen molar-refractivity contribution in [1.82, 2.24) is 10.2 Å². The molecular weight excluding hydrogens is 264 g/mol. The number of amides is 1. The van der Waals surface area contributed by atoms with Crippen LogP contribution in [0.4, 0.5) is 4.79 Å². The van der Waals surface area contributed by atoms with Crippen molar-refractivity contribution < 1.29 is 24.5 Å². The number of hydrogen-bond acceptors (Lipinski definition) is 5. The van der Waals surface area contributed by atoms with Gasteiger partial charge in [-0.2, -0.15) is 0 Å². The number of carboxylic acids is 1. The highest BCUT2D eigenvalue weighted by Crippen LogP contribution is 2.20. The first-order chi connectivity index (χ1) is 9.24. The molecule has 0 saturated carbocycles. The number of aliphatic hydroxyl groups excluding tert-OH is 1. The molecule has 116 valence electrons. The van der Waals surface area contributed by atoms with Crippen LogP contribution >= 0.6 is 0 Å². The van der Waals surface area contributed by atoms with Crippen molar-refractivity contribution in [2.45, 2.75) is 51.3 Å². The predicted molar refractivity (Wildman–Crippen MR) is 72.5 cm³/mol. The summed E-state index contributed by atoms with van der Waals surface area (Å²) in [5.41, 5.74) is -0.452. The van der Waals surface area contributed by atoms with Crippen LogP contribution in [0.3, 0.4) is 0 Å². The third-order valence-corrected chi connectivity index (χ3v) is 3.10. The molecule has 3 N–H and O–H groups in total. The summed E-state index contributed by atoms with van der Waals surface area (Å²) in [5, 5.41) is 19.8. The second-order valence-corrected chi connectivity index (χ2v) is 5.93. The van der Waals surface area contributed by atoms with Crippen LogP contribution in [-0.4, -0.2) is 64.6 Å². The molecule has 0 aliphatic carbocycles. The van der Waals surface area contributed by atoms with Gasteiger partial charge in [-0.1, -0.05) is 0 Å². The minimum absolute atomic E-state index is 0.0270. The van der Waals surface area contributed by atoms with E-state index in [0.717, 1.165) is 19.4 Å². The molecule has 2 aliphatic rings. The highest BCUT2D eigenvalue weighted by Gasteiger charge is 2.34. The van der Waals surface area contributed by atoms with E-state index in [1.807, 2.05) is 20.8 Å². The van der Waals surface area contributed by atoms with Crippen molar-refractivity contribution in [1.29, 1.82) is 0 Å². The molecule has 2 unspecified atom stereocenters. The first kappa shape index (κ1) is 16.7. The van der Waals surface area contributed by atoms with Crippen molar-refractivity contribution in [2.24, 2.45) is 0 Å². The number of aliphatic hydroxyl groups is 1. The molecule has 1 amide bonds. The van der Waals surface area contributed by atoms with Gasteiger partial charge in [-0.05, 0) is 40.2 Å². The Morgan fingerprint density at radius 2 is 1.95 bits per heavy atom. The van der Waals surface area contributed by atoms with Crippen molar-refractivity contribution in [3.63, 3.8) is 0 Å². The summed E-state index contributed by atoms with van der Waals surface area (Å²) in [6, 6.07) is -0.283. The smallest absolute Gasteiger partial charge is 0.410 e. The molecule has 0 radical (unpaired) electrons. The van der Waals surface area contributed by atoms with E-state index in [-0.39, 0.29) is 24.8 Å². The van der Waals surface area contributed by atoms with Gasteiger partial charge in [0.25, 0.3) is 0 Å². The number of rotatable bonds is 2. The number of nitrogens with zero attached hydrogens (tertiary/aromatic N) is 1. The third-order valence-electron chi connectivity index (χ3n) is 3.10. The maximum atomic E-state index is 11.4. The number of aliphatic carboxylic acids is 1. The van der Waals surface area contributed by atoms with Gasteiger partial charge in [-0.3, -0.25) is 4.79 Å². The van der Waals surface area contributed by atoms with Crippen LogP contribution in [0, 0.1) is 0 Å². The Morgan fingerprint density at radius 3 is 2.15 bits per heavy atom. The molecule has 0 aromatic carbocycles. The normalized spacial score (nSPS) is 24.7. The number of carbonyl (C=O) groups is 2. The maximum Gasteiger partial charge on any atom is 0.410 e. The van der Waals surface area contributed by atoms with Gasteiger partial charge in [0.05, 0.1) is 12.6 Å². The van der Waals surface area contributed by atoms with Crippen molar-refractivity contribution in [3.8, 4) is 0 Å². The lowest BCUT2D eigenvalue weighted by molar-refractivity contribution is -0.141. The van der Waals surface area contributed by atoms with E-state index >= 15 is 0 Å². The number of ether oxygens (including phenoxy) is 1. The van der Waals surface area contributed by atoms with Gasteiger partial charge in [0.15, 0.2) is 0 Å². The van der Waals surface area contributed by atoms with Crippen molar-refractivity contribution in [3.05, 3.63) is 0 Å². The Balaban J connectivity index is 0.000000240. The van der Waals surface area contributed by atoms with Gasteiger partial charge in [-0.25, -0.2) is 4.79 Å². The zero-order valence-electron chi connectivity index (χ0n) is 12.3. The third kappa shape index (κ3) is 4.97. The lowest BCUT2D eigenvalue weighted by atomic mass is 10.1. The molecule has 0 aromatic heterocycles. The zero-order chi connectivity index (χ0) is 15.3. The summed E-state index contributed by atoms with van der Waals surface area (Å²) in [5.74, 6) is -0.730. The van der Waals surface area contributed by atoms with Crippen molar-refractivity contribution >= 4 is 12.1 Å². The molecule has 2 fully saturated rings. The minimum atomic E-state index is -0.730. The van der Waals surface area contributed by atoms with Gasteiger partial charge < -0.3 is 25.2 Å². The molecule has 2 aliphatic heterocycles. The summed E-state index contributed by atoms with van der Waals surface area (Å²) in [6.45, 7) is 7.08. The summed E-state index contributed by atoms with van der Waals surface area (Å²) in [6.07, 6.45) is 1.34. The van der Waals surface area contributed by atoms with Gasteiger partial charge in [0.1, 0.15) is 11.6 Å². The molecule has 0 spiro atoms. The molecule has 2 atom stereocenters. The highest BCUT2D eigenvalue weighted by molar-refractivity contribution is 5.74. The van der Waals surface area contributed by atoms with E-state index in [1.165, 1.54) is 0 Å². The summed E-state index contributed by atoms with van der Waals surface area (Å²) < 4.78 is 5.15. The Kier molecular flexibility index (Phi) is 5.76. The van der Waals surface area contributed by atoms with E-state index in [2.05, 4.69) is 5.32 Å². The highest BCUT2D eigenvalue weighted by atomic mass is 16.6. The quantitative estimate of drug-likeness (QED) is 0.681. The summed E-state index contributed by atoms with van der Waals surface area (Å²) in [7, 11) is 0. The molecule has 0 bridgehead atoms. The van der Waals surface area contributed by atoms with Gasteiger partial charge >= 0.3 is 12.1 Å². The van der Waals surface area contributed by atoms with Crippen LogP contribution in [0.5, 0.6) is 0 Å². The van der Waals surface area contributed by atoms with Crippen LogP contribution in [0.15, 0.2) is 0 Å². The molecule has 7 nitrogen and oxygen atoms in total. The molecule has 7 heteroatoms.